The normalized spacial score (nSPS) is 16.0. The molecule has 21 heavy (non-hydrogen) atoms. The molecule has 1 aromatic heterocycles. The molecule has 1 aromatic rings. The van der Waals surface area contributed by atoms with Crippen LogP contribution in [0.25, 0.3) is 0 Å². The molecule has 0 spiro atoms. The van der Waals surface area contributed by atoms with Crippen LogP contribution in [0.5, 0.6) is 0 Å². The molecule has 7 heteroatoms. The third kappa shape index (κ3) is 5.28. The van der Waals surface area contributed by atoms with E-state index in [2.05, 4.69) is 25.7 Å². The van der Waals surface area contributed by atoms with Crippen molar-refractivity contribution in [3.05, 3.63) is 17.8 Å². The van der Waals surface area contributed by atoms with Gasteiger partial charge in [0.25, 0.3) is 5.91 Å². The largest absolute Gasteiger partial charge is 0.379 e. The lowest BCUT2D eigenvalue weighted by Gasteiger charge is -2.26. The van der Waals surface area contributed by atoms with Crippen LogP contribution >= 0.6 is 0 Å². The first-order valence-corrected chi connectivity index (χ1v) is 7.33. The zero-order chi connectivity index (χ0) is 15.1. The highest BCUT2D eigenvalue weighted by molar-refractivity contribution is 5.92. The van der Waals surface area contributed by atoms with Gasteiger partial charge in [0, 0.05) is 32.2 Å². The Hall–Kier alpha value is -1.73. The number of hydrogen-bond acceptors (Lipinski definition) is 6. The van der Waals surface area contributed by atoms with E-state index in [-0.39, 0.29) is 11.9 Å². The van der Waals surface area contributed by atoms with Crippen LogP contribution in [0.1, 0.15) is 24.3 Å². The number of nitrogens with one attached hydrogen (secondary N) is 2. The van der Waals surface area contributed by atoms with Crippen molar-refractivity contribution in [1.82, 2.24) is 20.4 Å². The van der Waals surface area contributed by atoms with E-state index in [4.69, 9.17) is 4.74 Å². The van der Waals surface area contributed by atoms with E-state index in [1.807, 2.05) is 13.8 Å². The van der Waals surface area contributed by atoms with Gasteiger partial charge in [-0.25, -0.2) is 0 Å². The SMILES string of the molecule is CC(C)Nc1ccc(C(=O)NCCN2CCOCC2)nn1. The molecule has 2 heterocycles. The van der Waals surface area contributed by atoms with E-state index in [9.17, 15) is 4.79 Å². The van der Waals surface area contributed by atoms with Crippen molar-refractivity contribution in [2.24, 2.45) is 0 Å². The van der Waals surface area contributed by atoms with Crippen LogP contribution in [0.15, 0.2) is 12.1 Å². The van der Waals surface area contributed by atoms with Crippen molar-refractivity contribution in [3.8, 4) is 0 Å². The molecule has 7 nitrogen and oxygen atoms in total. The fourth-order valence-corrected chi connectivity index (χ4v) is 2.07. The summed E-state index contributed by atoms with van der Waals surface area (Å²) in [7, 11) is 0. The summed E-state index contributed by atoms with van der Waals surface area (Å²) in [6, 6.07) is 3.73. The van der Waals surface area contributed by atoms with Gasteiger partial charge in [-0.1, -0.05) is 0 Å². The number of rotatable bonds is 6. The summed E-state index contributed by atoms with van der Waals surface area (Å²) in [5.74, 6) is 0.488. The van der Waals surface area contributed by atoms with Gasteiger partial charge in [0.05, 0.1) is 13.2 Å². The Kier molecular flexibility index (Phi) is 5.89. The predicted octanol–water partition coefficient (Wildman–Crippen LogP) is 0.359. The standard InChI is InChI=1S/C14H23N5O2/c1-11(2)16-13-4-3-12(17-18-13)14(20)15-5-6-19-7-9-21-10-8-19/h3-4,11H,5-10H2,1-2H3,(H,15,20)(H,16,18). The van der Waals surface area contributed by atoms with Crippen LogP contribution in [0.3, 0.4) is 0 Å². The second-order valence-corrected chi connectivity index (χ2v) is 5.31. The van der Waals surface area contributed by atoms with Crippen LogP contribution < -0.4 is 10.6 Å². The minimum absolute atomic E-state index is 0.188. The molecule has 0 bridgehead atoms. The molecule has 2 rings (SSSR count). The number of anilines is 1. The molecule has 1 aliphatic rings. The Balaban J connectivity index is 1.74. The van der Waals surface area contributed by atoms with Crippen molar-refractivity contribution >= 4 is 11.7 Å². The smallest absolute Gasteiger partial charge is 0.271 e. The van der Waals surface area contributed by atoms with Gasteiger partial charge in [-0.05, 0) is 26.0 Å². The van der Waals surface area contributed by atoms with Crippen molar-refractivity contribution in [2.75, 3.05) is 44.7 Å². The summed E-state index contributed by atoms with van der Waals surface area (Å²) in [5.41, 5.74) is 0.339. The molecule has 1 aliphatic heterocycles. The lowest BCUT2D eigenvalue weighted by atomic mass is 10.3. The van der Waals surface area contributed by atoms with Crippen molar-refractivity contribution in [3.63, 3.8) is 0 Å². The van der Waals surface area contributed by atoms with E-state index in [0.29, 0.717) is 18.1 Å². The van der Waals surface area contributed by atoms with Crippen LogP contribution in [0, 0.1) is 0 Å². The van der Waals surface area contributed by atoms with Crippen LogP contribution in [0.2, 0.25) is 0 Å². The van der Waals surface area contributed by atoms with E-state index >= 15 is 0 Å². The molecular formula is C14H23N5O2. The van der Waals surface area contributed by atoms with Crippen LogP contribution in [-0.2, 0) is 4.74 Å². The first kappa shape index (κ1) is 15.7. The Morgan fingerprint density at radius 2 is 2.10 bits per heavy atom. The highest BCUT2D eigenvalue weighted by atomic mass is 16.5. The van der Waals surface area contributed by atoms with Crippen molar-refractivity contribution < 1.29 is 9.53 Å². The third-order valence-corrected chi connectivity index (χ3v) is 3.15. The van der Waals surface area contributed by atoms with E-state index in [1.54, 1.807) is 12.1 Å². The minimum atomic E-state index is -0.188. The highest BCUT2D eigenvalue weighted by Gasteiger charge is 2.12. The third-order valence-electron chi connectivity index (χ3n) is 3.15. The van der Waals surface area contributed by atoms with Crippen LogP contribution in [-0.4, -0.2) is 66.4 Å². The molecule has 1 saturated heterocycles. The van der Waals surface area contributed by atoms with Gasteiger partial charge in [-0.2, -0.15) is 0 Å². The average molecular weight is 293 g/mol. The van der Waals surface area contributed by atoms with Gasteiger partial charge in [0.1, 0.15) is 5.82 Å². The topological polar surface area (TPSA) is 79.4 Å². The number of nitrogens with zero attached hydrogens (tertiary/aromatic N) is 3. The Bertz CT molecular complexity index is 443. The fraction of sp³-hybridized carbons (Fsp3) is 0.643. The minimum Gasteiger partial charge on any atom is -0.379 e. The van der Waals surface area contributed by atoms with E-state index in [1.165, 1.54) is 0 Å². The number of amides is 1. The van der Waals surface area contributed by atoms with Crippen molar-refractivity contribution in [2.45, 2.75) is 19.9 Å². The van der Waals surface area contributed by atoms with Gasteiger partial charge in [0.2, 0.25) is 0 Å². The summed E-state index contributed by atoms with van der Waals surface area (Å²) in [4.78, 5) is 14.2. The first-order valence-electron chi connectivity index (χ1n) is 7.33. The maximum atomic E-state index is 11.9. The number of aromatic nitrogens is 2. The molecule has 1 fully saturated rings. The quantitative estimate of drug-likeness (QED) is 0.788. The maximum Gasteiger partial charge on any atom is 0.271 e. The Morgan fingerprint density at radius 3 is 2.71 bits per heavy atom. The molecule has 0 saturated carbocycles. The molecule has 0 aromatic carbocycles. The monoisotopic (exact) mass is 293 g/mol. The molecule has 1 amide bonds. The first-order chi connectivity index (χ1) is 10.1. The van der Waals surface area contributed by atoms with Gasteiger partial charge in [0.15, 0.2) is 5.69 Å². The molecule has 0 radical (unpaired) electrons. The number of morpholine rings is 1. The molecule has 116 valence electrons. The maximum absolute atomic E-state index is 11.9. The Morgan fingerprint density at radius 1 is 1.33 bits per heavy atom. The number of ether oxygens (including phenoxy) is 1. The summed E-state index contributed by atoms with van der Waals surface area (Å²) >= 11 is 0. The summed E-state index contributed by atoms with van der Waals surface area (Å²) in [6.45, 7) is 8.86. The summed E-state index contributed by atoms with van der Waals surface area (Å²) in [6.07, 6.45) is 0. The van der Waals surface area contributed by atoms with Crippen molar-refractivity contribution in [1.29, 1.82) is 0 Å². The number of hydrogen-bond donors (Lipinski definition) is 2. The van der Waals surface area contributed by atoms with Gasteiger partial charge in [-0.3, -0.25) is 9.69 Å². The van der Waals surface area contributed by atoms with E-state index < -0.39 is 0 Å². The molecular weight excluding hydrogens is 270 g/mol. The Labute approximate surface area is 125 Å². The molecule has 0 atom stereocenters. The highest BCUT2D eigenvalue weighted by Crippen LogP contribution is 2.03. The van der Waals surface area contributed by atoms with Gasteiger partial charge < -0.3 is 15.4 Å². The zero-order valence-corrected chi connectivity index (χ0v) is 12.6. The fourth-order valence-electron chi connectivity index (χ4n) is 2.07. The molecule has 0 unspecified atom stereocenters. The lowest BCUT2D eigenvalue weighted by molar-refractivity contribution is 0.0383. The predicted molar refractivity (Wildman–Crippen MR) is 80.4 cm³/mol. The molecule has 0 aliphatic carbocycles. The summed E-state index contributed by atoms with van der Waals surface area (Å²) < 4.78 is 5.28. The zero-order valence-electron chi connectivity index (χ0n) is 12.6. The van der Waals surface area contributed by atoms with Crippen LogP contribution in [0.4, 0.5) is 5.82 Å². The second kappa shape index (κ2) is 7.90. The van der Waals surface area contributed by atoms with Gasteiger partial charge in [-0.15, -0.1) is 10.2 Å². The average Bonchev–Trinajstić information content (AvgIpc) is 2.48. The number of carbonyl (C=O) groups is 1. The van der Waals surface area contributed by atoms with Gasteiger partial charge >= 0.3 is 0 Å². The lowest BCUT2D eigenvalue weighted by Crippen LogP contribution is -2.41. The van der Waals surface area contributed by atoms with E-state index in [0.717, 1.165) is 32.8 Å². The second-order valence-electron chi connectivity index (χ2n) is 5.31. The number of carbonyl (C=O) groups excluding carboxylic acids is 1. The molecule has 2 N–H and O–H groups in total. The summed E-state index contributed by atoms with van der Waals surface area (Å²) in [5, 5.41) is 13.9.